The Kier molecular flexibility index (Phi) is 5.95. The Morgan fingerprint density at radius 2 is 1.81 bits per heavy atom. The van der Waals surface area contributed by atoms with Gasteiger partial charge in [-0.3, -0.25) is 4.79 Å². The number of rotatable bonds is 6. The molecule has 0 unspecified atom stereocenters. The molecule has 1 heterocycles. The average Bonchev–Trinajstić information content (AvgIpc) is 3.14. The lowest BCUT2D eigenvalue weighted by Gasteiger charge is -2.21. The molecular weight excluding hydrogens is 360 g/mol. The fourth-order valence-corrected chi connectivity index (χ4v) is 4.31. The van der Waals surface area contributed by atoms with Gasteiger partial charge in [0, 0.05) is 12.5 Å². The second kappa shape index (κ2) is 8.21. The van der Waals surface area contributed by atoms with Crippen LogP contribution < -0.4 is 5.32 Å². The third-order valence-corrected chi connectivity index (χ3v) is 6.36. The summed E-state index contributed by atoms with van der Waals surface area (Å²) in [5.74, 6) is 0.659. The number of anilines is 1. The third kappa shape index (κ3) is 5.16. The minimum absolute atomic E-state index is 0.0923. The van der Waals surface area contributed by atoms with Crippen molar-refractivity contribution in [1.82, 2.24) is 4.98 Å². The van der Waals surface area contributed by atoms with Crippen molar-refractivity contribution in [3.63, 3.8) is 0 Å². The zero-order valence-electron chi connectivity index (χ0n) is 15.8. The Bertz CT molecular complexity index is 884. The largest absolute Gasteiger partial charge is 0.310 e. The van der Waals surface area contributed by atoms with E-state index in [0.29, 0.717) is 11.7 Å². The first kappa shape index (κ1) is 19.5. The molecule has 1 aliphatic carbocycles. The number of amides is 1. The van der Waals surface area contributed by atoms with Crippen molar-refractivity contribution in [2.45, 2.75) is 49.8 Å². The van der Waals surface area contributed by atoms with Crippen molar-refractivity contribution in [2.75, 3.05) is 11.6 Å². The summed E-state index contributed by atoms with van der Waals surface area (Å²) in [7, 11) is -3.25. The summed E-state index contributed by atoms with van der Waals surface area (Å²) < 4.78 is 23.4. The van der Waals surface area contributed by atoms with Gasteiger partial charge in [-0.15, -0.1) is 0 Å². The van der Waals surface area contributed by atoms with Crippen molar-refractivity contribution in [3.8, 4) is 0 Å². The summed E-state index contributed by atoms with van der Waals surface area (Å²) in [5.41, 5.74) is 1.88. The molecule has 0 spiro atoms. The van der Waals surface area contributed by atoms with Crippen LogP contribution in [0.1, 0.15) is 49.1 Å². The van der Waals surface area contributed by atoms with E-state index in [0.717, 1.165) is 30.4 Å². The number of carbonyl (C=O) groups excluding carboxylic acids is 1. The smallest absolute Gasteiger partial charge is 0.233 e. The molecule has 1 fully saturated rings. The predicted octanol–water partition coefficient (Wildman–Crippen LogP) is 4.10. The fraction of sp³-hybridized carbons (Fsp3) is 0.429. The van der Waals surface area contributed by atoms with E-state index in [-0.39, 0.29) is 16.7 Å². The first-order valence-electron chi connectivity index (χ1n) is 9.36. The highest BCUT2D eigenvalue weighted by molar-refractivity contribution is 7.90. The molecule has 5 nitrogen and oxygen atoms in total. The number of benzene rings is 1. The van der Waals surface area contributed by atoms with Crippen LogP contribution in [0.2, 0.25) is 0 Å². The Hall–Kier alpha value is -2.21. The molecule has 2 aromatic rings. The zero-order valence-corrected chi connectivity index (χ0v) is 16.6. The Labute approximate surface area is 161 Å². The highest BCUT2D eigenvalue weighted by atomic mass is 32.2. The van der Waals surface area contributed by atoms with Crippen LogP contribution in [-0.2, 0) is 14.6 Å². The summed E-state index contributed by atoms with van der Waals surface area (Å²) >= 11 is 0. The first-order valence-corrected chi connectivity index (χ1v) is 11.3. The van der Waals surface area contributed by atoms with Crippen LogP contribution in [0.4, 0.5) is 5.82 Å². The fourth-order valence-electron chi connectivity index (χ4n) is 3.68. The lowest BCUT2D eigenvalue weighted by molar-refractivity contribution is -0.118. The van der Waals surface area contributed by atoms with Crippen LogP contribution in [0.25, 0.3) is 0 Å². The molecule has 27 heavy (non-hydrogen) atoms. The normalized spacial score (nSPS) is 16.2. The second-order valence-electron chi connectivity index (χ2n) is 7.49. The van der Waals surface area contributed by atoms with Gasteiger partial charge in [0.2, 0.25) is 5.91 Å². The average molecular weight is 387 g/mol. The molecule has 1 aromatic heterocycles. The van der Waals surface area contributed by atoms with Crippen LogP contribution in [0, 0.1) is 12.8 Å². The number of hydrogen-bond donors (Lipinski definition) is 1. The van der Waals surface area contributed by atoms with E-state index in [1.165, 1.54) is 19.1 Å². The molecule has 1 aliphatic rings. The molecule has 0 aliphatic heterocycles. The molecule has 6 heteroatoms. The first-order chi connectivity index (χ1) is 12.8. The van der Waals surface area contributed by atoms with Crippen LogP contribution in [0.5, 0.6) is 0 Å². The van der Waals surface area contributed by atoms with Crippen molar-refractivity contribution in [2.24, 2.45) is 5.92 Å². The Balaban J connectivity index is 1.83. The monoisotopic (exact) mass is 386 g/mol. The number of sulfone groups is 1. The van der Waals surface area contributed by atoms with Gasteiger partial charge in [0.05, 0.1) is 10.8 Å². The number of pyridine rings is 1. The third-order valence-electron chi connectivity index (χ3n) is 5.23. The molecule has 3 rings (SSSR count). The molecule has 0 saturated heterocycles. The number of hydrogen-bond acceptors (Lipinski definition) is 4. The minimum atomic E-state index is -3.25. The van der Waals surface area contributed by atoms with Crippen LogP contribution in [-0.4, -0.2) is 25.6 Å². The number of nitrogens with zero attached hydrogens (tertiary/aromatic N) is 1. The molecule has 0 radical (unpaired) electrons. The van der Waals surface area contributed by atoms with Gasteiger partial charge in [0.25, 0.3) is 0 Å². The minimum Gasteiger partial charge on any atom is -0.310 e. The van der Waals surface area contributed by atoms with E-state index in [1.807, 2.05) is 13.0 Å². The van der Waals surface area contributed by atoms with E-state index < -0.39 is 9.84 Å². The number of aryl methyl sites for hydroxylation is 1. The molecule has 1 atom stereocenters. The lowest BCUT2D eigenvalue weighted by atomic mass is 9.87. The quantitative estimate of drug-likeness (QED) is 0.811. The summed E-state index contributed by atoms with van der Waals surface area (Å²) in [4.78, 5) is 17.5. The molecular formula is C21H26N2O3S. The highest BCUT2D eigenvalue weighted by Gasteiger charge is 2.27. The van der Waals surface area contributed by atoms with Crippen LogP contribution >= 0.6 is 0 Å². The Morgan fingerprint density at radius 3 is 2.37 bits per heavy atom. The van der Waals surface area contributed by atoms with Crippen LogP contribution in [0.3, 0.4) is 0 Å². The van der Waals surface area contributed by atoms with Gasteiger partial charge in [-0.2, -0.15) is 0 Å². The topological polar surface area (TPSA) is 76.1 Å². The summed E-state index contributed by atoms with van der Waals surface area (Å²) in [5, 5.41) is 2.92. The maximum absolute atomic E-state index is 13.0. The number of nitrogens with one attached hydrogen (secondary N) is 1. The summed E-state index contributed by atoms with van der Waals surface area (Å²) in [6, 6.07) is 10.4. The van der Waals surface area contributed by atoms with Crippen molar-refractivity contribution in [1.29, 1.82) is 0 Å². The lowest BCUT2D eigenvalue weighted by Crippen LogP contribution is -2.23. The van der Waals surface area contributed by atoms with Crippen molar-refractivity contribution >= 4 is 21.6 Å². The van der Waals surface area contributed by atoms with Crippen molar-refractivity contribution < 1.29 is 13.2 Å². The van der Waals surface area contributed by atoms with Gasteiger partial charge in [-0.05, 0) is 48.6 Å². The molecule has 1 amide bonds. The molecule has 144 valence electrons. The number of carbonyl (C=O) groups is 1. The van der Waals surface area contributed by atoms with E-state index in [2.05, 4.69) is 10.3 Å². The van der Waals surface area contributed by atoms with E-state index in [9.17, 15) is 13.2 Å². The highest BCUT2D eigenvalue weighted by Crippen LogP contribution is 2.35. The zero-order chi connectivity index (χ0) is 19.4. The van der Waals surface area contributed by atoms with Gasteiger partial charge >= 0.3 is 0 Å². The molecule has 1 aromatic carbocycles. The SMILES string of the molecule is Cc1ccc(NC(=O)[C@H](CC2CCCC2)c2ccc(S(C)(=O)=O)cc2)nc1. The molecule has 0 bridgehead atoms. The van der Waals surface area contributed by atoms with E-state index in [1.54, 1.807) is 36.5 Å². The standard InChI is InChI=1S/C21H26N2O3S/c1-15-7-12-20(22-14-15)23-21(24)19(13-16-5-3-4-6-16)17-8-10-18(11-9-17)27(2,25)26/h7-12,14,16,19H,3-6,13H2,1-2H3,(H,22,23,24)/t19-/m1/s1. The van der Waals surface area contributed by atoms with E-state index >= 15 is 0 Å². The van der Waals surface area contributed by atoms with Gasteiger partial charge < -0.3 is 5.32 Å². The Morgan fingerprint density at radius 1 is 1.15 bits per heavy atom. The number of aromatic nitrogens is 1. The van der Waals surface area contributed by atoms with Crippen molar-refractivity contribution in [3.05, 3.63) is 53.7 Å². The maximum Gasteiger partial charge on any atom is 0.233 e. The van der Waals surface area contributed by atoms with Gasteiger partial charge in [-0.25, -0.2) is 13.4 Å². The van der Waals surface area contributed by atoms with E-state index in [4.69, 9.17) is 0 Å². The molecule has 1 N–H and O–H groups in total. The maximum atomic E-state index is 13.0. The van der Waals surface area contributed by atoms with Crippen LogP contribution in [0.15, 0.2) is 47.5 Å². The predicted molar refractivity (Wildman–Crippen MR) is 106 cm³/mol. The molecule has 1 saturated carbocycles. The van der Waals surface area contributed by atoms with Gasteiger partial charge in [-0.1, -0.05) is 43.9 Å². The summed E-state index contributed by atoms with van der Waals surface area (Å²) in [6.07, 6.45) is 8.41. The van der Waals surface area contributed by atoms with Gasteiger partial charge in [0.1, 0.15) is 5.82 Å². The van der Waals surface area contributed by atoms with Gasteiger partial charge in [0.15, 0.2) is 9.84 Å². The summed E-state index contributed by atoms with van der Waals surface area (Å²) in [6.45, 7) is 1.95. The second-order valence-corrected chi connectivity index (χ2v) is 9.51.